The summed E-state index contributed by atoms with van der Waals surface area (Å²) >= 11 is 0. The fraction of sp³-hybridized carbons (Fsp3) is 0.667. The molecule has 0 saturated carbocycles. The van der Waals surface area contributed by atoms with Gasteiger partial charge in [-0.1, -0.05) is 51.0 Å². The van der Waals surface area contributed by atoms with Crippen LogP contribution in [0.1, 0.15) is 57.1 Å². The SMILES string of the molecule is CCCC(C)CC1(CNC)CCCc2ccccc21. The van der Waals surface area contributed by atoms with E-state index in [2.05, 4.69) is 50.5 Å². The first-order valence-corrected chi connectivity index (χ1v) is 7.95. The first-order valence-electron chi connectivity index (χ1n) is 7.95. The van der Waals surface area contributed by atoms with Gasteiger partial charge in [-0.25, -0.2) is 0 Å². The lowest BCUT2D eigenvalue weighted by atomic mass is 9.65. The van der Waals surface area contributed by atoms with Crippen molar-refractivity contribution < 1.29 is 0 Å². The van der Waals surface area contributed by atoms with Gasteiger partial charge in [-0.15, -0.1) is 0 Å². The highest BCUT2D eigenvalue weighted by atomic mass is 14.8. The third-order valence-electron chi connectivity index (χ3n) is 4.73. The minimum Gasteiger partial charge on any atom is -0.319 e. The highest BCUT2D eigenvalue weighted by molar-refractivity contribution is 5.37. The van der Waals surface area contributed by atoms with Crippen molar-refractivity contribution >= 4 is 0 Å². The molecule has 2 rings (SSSR count). The molecule has 1 heteroatoms. The second kappa shape index (κ2) is 6.56. The molecule has 0 saturated heterocycles. The van der Waals surface area contributed by atoms with E-state index in [1.165, 1.54) is 38.5 Å². The summed E-state index contributed by atoms with van der Waals surface area (Å²) in [6, 6.07) is 9.14. The van der Waals surface area contributed by atoms with Gasteiger partial charge in [0.25, 0.3) is 0 Å². The molecule has 0 spiro atoms. The average molecular weight is 259 g/mol. The van der Waals surface area contributed by atoms with Gasteiger partial charge < -0.3 is 5.32 Å². The van der Waals surface area contributed by atoms with Crippen LogP contribution < -0.4 is 5.32 Å². The van der Waals surface area contributed by atoms with Crippen LogP contribution in [-0.2, 0) is 11.8 Å². The number of nitrogens with one attached hydrogen (secondary N) is 1. The summed E-state index contributed by atoms with van der Waals surface area (Å²) in [6.45, 7) is 5.85. The van der Waals surface area contributed by atoms with Crippen LogP contribution in [-0.4, -0.2) is 13.6 Å². The molecule has 1 aromatic carbocycles. The Morgan fingerprint density at radius 1 is 1.32 bits per heavy atom. The van der Waals surface area contributed by atoms with Gasteiger partial charge in [0.1, 0.15) is 0 Å². The van der Waals surface area contributed by atoms with Crippen LogP contribution in [0.2, 0.25) is 0 Å². The number of likely N-dealkylation sites (N-methyl/N-ethyl adjacent to an activating group) is 1. The molecular formula is C18H29N. The summed E-state index contributed by atoms with van der Waals surface area (Å²) < 4.78 is 0. The molecule has 106 valence electrons. The molecule has 1 aliphatic carbocycles. The molecule has 2 atom stereocenters. The molecule has 0 amide bonds. The minimum atomic E-state index is 0.373. The van der Waals surface area contributed by atoms with Gasteiger partial charge >= 0.3 is 0 Å². The molecule has 0 bridgehead atoms. The lowest BCUT2D eigenvalue weighted by molar-refractivity contribution is 0.270. The maximum Gasteiger partial charge on any atom is 0.00830 e. The molecule has 2 unspecified atom stereocenters. The van der Waals surface area contributed by atoms with Crippen LogP contribution in [0, 0.1) is 5.92 Å². The summed E-state index contributed by atoms with van der Waals surface area (Å²) in [5, 5.41) is 3.47. The second-order valence-corrected chi connectivity index (χ2v) is 6.42. The number of hydrogen-bond acceptors (Lipinski definition) is 1. The first kappa shape index (κ1) is 14.6. The van der Waals surface area contributed by atoms with E-state index >= 15 is 0 Å². The monoisotopic (exact) mass is 259 g/mol. The third-order valence-corrected chi connectivity index (χ3v) is 4.73. The molecule has 0 heterocycles. The predicted octanol–water partition coefficient (Wildman–Crippen LogP) is 4.31. The Morgan fingerprint density at radius 2 is 2.11 bits per heavy atom. The van der Waals surface area contributed by atoms with Crippen molar-refractivity contribution in [2.45, 2.75) is 57.8 Å². The molecular weight excluding hydrogens is 230 g/mol. The van der Waals surface area contributed by atoms with Gasteiger partial charge in [0.15, 0.2) is 0 Å². The van der Waals surface area contributed by atoms with E-state index in [9.17, 15) is 0 Å². The molecule has 0 aliphatic heterocycles. The lowest BCUT2D eigenvalue weighted by Gasteiger charge is -2.41. The van der Waals surface area contributed by atoms with Crippen molar-refractivity contribution in [2.24, 2.45) is 5.92 Å². The zero-order valence-corrected chi connectivity index (χ0v) is 12.8. The van der Waals surface area contributed by atoms with Gasteiger partial charge in [-0.2, -0.15) is 0 Å². The van der Waals surface area contributed by atoms with Crippen LogP contribution in [0.15, 0.2) is 24.3 Å². The molecule has 1 nitrogen and oxygen atoms in total. The summed E-state index contributed by atoms with van der Waals surface area (Å²) in [4.78, 5) is 0. The fourth-order valence-electron chi connectivity index (χ4n) is 4.08. The van der Waals surface area contributed by atoms with E-state index in [-0.39, 0.29) is 0 Å². The van der Waals surface area contributed by atoms with E-state index < -0.39 is 0 Å². The molecule has 1 aromatic rings. The van der Waals surface area contributed by atoms with Gasteiger partial charge in [0.05, 0.1) is 0 Å². The highest BCUT2D eigenvalue weighted by Crippen LogP contribution is 2.42. The third kappa shape index (κ3) is 3.20. The topological polar surface area (TPSA) is 12.0 Å². The van der Waals surface area contributed by atoms with E-state index in [1.54, 1.807) is 11.1 Å². The molecule has 0 aromatic heterocycles. The normalized spacial score (nSPS) is 23.9. The number of fused-ring (bicyclic) bond motifs is 1. The maximum absolute atomic E-state index is 3.47. The largest absolute Gasteiger partial charge is 0.319 e. The number of rotatable bonds is 6. The Labute approximate surface area is 118 Å². The summed E-state index contributed by atoms with van der Waals surface area (Å²) in [5.41, 5.74) is 3.59. The zero-order chi connectivity index (χ0) is 13.7. The quantitative estimate of drug-likeness (QED) is 0.803. The van der Waals surface area contributed by atoms with Crippen molar-refractivity contribution in [3.05, 3.63) is 35.4 Å². The van der Waals surface area contributed by atoms with Crippen LogP contribution in [0.3, 0.4) is 0 Å². The first-order chi connectivity index (χ1) is 9.22. The van der Waals surface area contributed by atoms with Crippen molar-refractivity contribution in [1.82, 2.24) is 5.32 Å². The van der Waals surface area contributed by atoms with Crippen molar-refractivity contribution in [1.29, 1.82) is 0 Å². The van der Waals surface area contributed by atoms with E-state index in [0.29, 0.717) is 5.41 Å². The number of hydrogen-bond donors (Lipinski definition) is 1. The molecule has 0 radical (unpaired) electrons. The fourth-order valence-corrected chi connectivity index (χ4v) is 4.08. The molecule has 1 aliphatic rings. The summed E-state index contributed by atoms with van der Waals surface area (Å²) in [7, 11) is 2.10. The predicted molar refractivity (Wildman–Crippen MR) is 83.7 cm³/mol. The second-order valence-electron chi connectivity index (χ2n) is 6.42. The van der Waals surface area contributed by atoms with Crippen molar-refractivity contribution in [3.63, 3.8) is 0 Å². The molecule has 19 heavy (non-hydrogen) atoms. The van der Waals surface area contributed by atoms with Crippen LogP contribution in [0.4, 0.5) is 0 Å². The Morgan fingerprint density at radius 3 is 2.84 bits per heavy atom. The van der Waals surface area contributed by atoms with Crippen LogP contribution in [0.25, 0.3) is 0 Å². The highest BCUT2D eigenvalue weighted by Gasteiger charge is 2.36. The smallest absolute Gasteiger partial charge is 0.00830 e. The van der Waals surface area contributed by atoms with E-state index in [1.807, 2.05) is 0 Å². The maximum atomic E-state index is 3.47. The van der Waals surface area contributed by atoms with Crippen molar-refractivity contribution in [2.75, 3.05) is 13.6 Å². The zero-order valence-electron chi connectivity index (χ0n) is 12.8. The van der Waals surface area contributed by atoms with E-state index in [0.717, 1.165) is 12.5 Å². The minimum absolute atomic E-state index is 0.373. The standard InChI is InChI=1S/C18H29N/c1-4-8-15(2)13-18(14-19-3)12-7-10-16-9-5-6-11-17(16)18/h5-6,9,11,15,19H,4,7-8,10,12-14H2,1-3H3. The average Bonchev–Trinajstić information content (AvgIpc) is 2.40. The van der Waals surface area contributed by atoms with Gasteiger partial charge in [0.2, 0.25) is 0 Å². The number of benzene rings is 1. The Bertz CT molecular complexity index is 398. The Kier molecular flexibility index (Phi) is 5.04. The van der Waals surface area contributed by atoms with Gasteiger partial charge in [-0.3, -0.25) is 0 Å². The van der Waals surface area contributed by atoms with Gasteiger partial charge in [-0.05, 0) is 49.8 Å². The summed E-state index contributed by atoms with van der Waals surface area (Å²) in [6.07, 6.45) is 7.95. The Balaban J connectivity index is 2.29. The van der Waals surface area contributed by atoms with Crippen LogP contribution >= 0.6 is 0 Å². The van der Waals surface area contributed by atoms with Crippen LogP contribution in [0.5, 0.6) is 0 Å². The lowest BCUT2D eigenvalue weighted by Crippen LogP contribution is -2.41. The van der Waals surface area contributed by atoms with E-state index in [4.69, 9.17) is 0 Å². The Hall–Kier alpha value is -0.820. The molecule has 0 fully saturated rings. The number of aryl methyl sites for hydroxylation is 1. The molecule has 1 N–H and O–H groups in total. The summed E-state index contributed by atoms with van der Waals surface area (Å²) in [5.74, 6) is 0.824. The van der Waals surface area contributed by atoms with Gasteiger partial charge in [0, 0.05) is 12.0 Å². The van der Waals surface area contributed by atoms with Crippen molar-refractivity contribution in [3.8, 4) is 0 Å².